The van der Waals surface area contributed by atoms with Crippen molar-refractivity contribution in [2.24, 2.45) is 0 Å². The van der Waals surface area contributed by atoms with Gasteiger partial charge in [-0.3, -0.25) is 0 Å². The maximum absolute atomic E-state index is 13.6. The van der Waals surface area contributed by atoms with Crippen molar-refractivity contribution in [2.45, 2.75) is 39.2 Å². The Morgan fingerprint density at radius 2 is 1.85 bits per heavy atom. The Bertz CT molecular complexity index is 560. The molecule has 20 heavy (non-hydrogen) atoms. The van der Waals surface area contributed by atoms with Crippen LogP contribution in [0, 0.1) is 5.82 Å². The molecule has 0 bridgehead atoms. The molecule has 0 amide bonds. The number of nitrogens with one attached hydrogen (secondary N) is 1. The van der Waals surface area contributed by atoms with Crippen molar-refractivity contribution in [3.63, 3.8) is 0 Å². The van der Waals surface area contributed by atoms with Gasteiger partial charge >= 0.3 is 0 Å². The molecule has 1 aromatic carbocycles. The van der Waals surface area contributed by atoms with Crippen LogP contribution in [0.2, 0.25) is 0 Å². The van der Waals surface area contributed by atoms with E-state index in [9.17, 15) is 4.39 Å². The van der Waals surface area contributed by atoms with Gasteiger partial charge in [-0.2, -0.15) is 0 Å². The summed E-state index contributed by atoms with van der Waals surface area (Å²) in [5, 5.41) is 13.6. The van der Waals surface area contributed by atoms with Crippen LogP contribution in [0.15, 0.2) is 24.3 Å². The normalized spacial score (nSPS) is 11.8. The van der Waals surface area contributed by atoms with Gasteiger partial charge in [-0.15, -0.1) is 21.5 Å². The highest BCUT2D eigenvalue weighted by atomic mass is 32.1. The molecular formula is C15H20FN3S. The second-order valence-electron chi connectivity index (χ2n) is 5.78. The molecule has 0 radical (unpaired) electrons. The first-order valence-corrected chi connectivity index (χ1v) is 7.55. The Labute approximate surface area is 123 Å². The molecule has 5 heteroatoms. The largest absolute Gasteiger partial charge is 0.312 e. The van der Waals surface area contributed by atoms with E-state index in [-0.39, 0.29) is 11.4 Å². The summed E-state index contributed by atoms with van der Waals surface area (Å²) in [5.74, 6) is -0.182. The summed E-state index contributed by atoms with van der Waals surface area (Å²) in [6.45, 7) is 7.28. The predicted octanol–water partition coefficient (Wildman–Crippen LogP) is 3.20. The number of benzene rings is 1. The topological polar surface area (TPSA) is 37.8 Å². The van der Waals surface area contributed by atoms with Crippen molar-refractivity contribution >= 4 is 11.3 Å². The second-order valence-corrected chi connectivity index (χ2v) is 6.93. The van der Waals surface area contributed by atoms with Gasteiger partial charge < -0.3 is 5.32 Å². The third-order valence-electron chi connectivity index (χ3n) is 2.80. The van der Waals surface area contributed by atoms with Gasteiger partial charge in [0.25, 0.3) is 0 Å². The molecular weight excluding hydrogens is 273 g/mol. The molecule has 0 aliphatic rings. The van der Waals surface area contributed by atoms with Crippen LogP contribution in [0.25, 0.3) is 0 Å². The number of hydrogen-bond acceptors (Lipinski definition) is 4. The average Bonchev–Trinajstić information content (AvgIpc) is 2.78. The van der Waals surface area contributed by atoms with Crippen LogP contribution in [-0.4, -0.2) is 22.3 Å². The molecule has 0 saturated heterocycles. The van der Waals surface area contributed by atoms with Crippen LogP contribution in [-0.2, 0) is 12.8 Å². The zero-order chi connectivity index (χ0) is 14.6. The molecule has 0 aliphatic heterocycles. The molecule has 0 spiro atoms. The fourth-order valence-corrected chi connectivity index (χ4v) is 2.68. The first-order valence-electron chi connectivity index (χ1n) is 6.74. The molecule has 1 heterocycles. The summed E-state index contributed by atoms with van der Waals surface area (Å²) in [5.41, 5.74) is 0.781. The standard InChI is InChI=1S/C15H20FN3S/c1-15(2,3)17-9-8-13-18-19-14(20-13)10-11-6-4-5-7-12(11)16/h4-7,17H,8-10H2,1-3H3. The van der Waals surface area contributed by atoms with E-state index in [1.54, 1.807) is 23.5 Å². The Balaban J connectivity index is 1.91. The smallest absolute Gasteiger partial charge is 0.126 e. The fraction of sp³-hybridized carbons (Fsp3) is 0.467. The summed E-state index contributed by atoms with van der Waals surface area (Å²) in [7, 11) is 0. The van der Waals surface area contributed by atoms with Crippen molar-refractivity contribution in [3.8, 4) is 0 Å². The summed E-state index contributed by atoms with van der Waals surface area (Å²) >= 11 is 1.56. The number of halogens is 1. The van der Waals surface area contributed by atoms with Gasteiger partial charge in [-0.1, -0.05) is 18.2 Å². The van der Waals surface area contributed by atoms with Crippen LogP contribution in [0.3, 0.4) is 0 Å². The van der Waals surface area contributed by atoms with Crippen LogP contribution in [0.5, 0.6) is 0 Å². The SMILES string of the molecule is CC(C)(C)NCCc1nnc(Cc2ccccc2F)s1. The van der Waals surface area contributed by atoms with E-state index in [0.29, 0.717) is 12.0 Å². The maximum atomic E-state index is 13.6. The zero-order valence-corrected chi connectivity index (χ0v) is 12.9. The predicted molar refractivity (Wildman–Crippen MR) is 80.6 cm³/mol. The first kappa shape index (κ1) is 15.1. The Hall–Kier alpha value is -1.33. The Morgan fingerprint density at radius 3 is 2.55 bits per heavy atom. The van der Waals surface area contributed by atoms with E-state index in [1.165, 1.54) is 6.07 Å². The lowest BCUT2D eigenvalue weighted by Crippen LogP contribution is -2.37. The molecule has 0 atom stereocenters. The van der Waals surface area contributed by atoms with E-state index in [4.69, 9.17) is 0 Å². The molecule has 2 rings (SSSR count). The highest BCUT2D eigenvalue weighted by Crippen LogP contribution is 2.17. The van der Waals surface area contributed by atoms with Gasteiger partial charge in [0.1, 0.15) is 15.8 Å². The van der Waals surface area contributed by atoms with Crippen molar-refractivity contribution in [3.05, 3.63) is 45.7 Å². The first-order chi connectivity index (χ1) is 9.44. The van der Waals surface area contributed by atoms with Gasteiger partial charge in [0.05, 0.1) is 0 Å². The Morgan fingerprint density at radius 1 is 1.15 bits per heavy atom. The van der Waals surface area contributed by atoms with Crippen molar-refractivity contribution in [2.75, 3.05) is 6.54 Å². The number of nitrogens with zero attached hydrogens (tertiary/aromatic N) is 2. The molecule has 0 aliphatic carbocycles. The van der Waals surface area contributed by atoms with Gasteiger partial charge in [-0.25, -0.2) is 4.39 Å². The lowest BCUT2D eigenvalue weighted by atomic mass is 10.1. The maximum Gasteiger partial charge on any atom is 0.126 e. The quantitative estimate of drug-likeness (QED) is 0.920. The molecule has 3 nitrogen and oxygen atoms in total. The second kappa shape index (κ2) is 6.41. The van der Waals surface area contributed by atoms with Crippen LogP contribution < -0.4 is 5.32 Å². The molecule has 1 aromatic heterocycles. The number of hydrogen-bond donors (Lipinski definition) is 1. The minimum Gasteiger partial charge on any atom is -0.312 e. The monoisotopic (exact) mass is 293 g/mol. The van der Waals surface area contributed by atoms with E-state index >= 15 is 0 Å². The third kappa shape index (κ3) is 4.65. The highest BCUT2D eigenvalue weighted by molar-refractivity contribution is 7.11. The molecule has 0 fully saturated rings. The van der Waals surface area contributed by atoms with E-state index < -0.39 is 0 Å². The van der Waals surface area contributed by atoms with Crippen LogP contribution >= 0.6 is 11.3 Å². The number of rotatable bonds is 5. The molecule has 108 valence electrons. The van der Waals surface area contributed by atoms with E-state index in [0.717, 1.165) is 23.0 Å². The van der Waals surface area contributed by atoms with Crippen LogP contribution in [0.1, 0.15) is 36.3 Å². The van der Waals surface area contributed by atoms with Crippen LogP contribution in [0.4, 0.5) is 4.39 Å². The van der Waals surface area contributed by atoms with E-state index in [2.05, 4.69) is 36.3 Å². The van der Waals surface area contributed by atoms with Crippen molar-refractivity contribution < 1.29 is 4.39 Å². The molecule has 1 N–H and O–H groups in total. The van der Waals surface area contributed by atoms with E-state index in [1.807, 2.05) is 6.07 Å². The zero-order valence-electron chi connectivity index (χ0n) is 12.1. The van der Waals surface area contributed by atoms with Crippen molar-refractivity contribution in [1.29, 1.82) is 0 Å². The van der Waals surface area contributed by atoms with Gasteiger partial charge in [0.15, 0.2) is 0 Å². The summed E-state index contributed by atoms with van der Waals surface area (Å²) in [6, 6.07) is 6.80. The van der Waals surface area contributed by atoms with Gasteiger partial charge in [-0.05, 0) is 32.4 Å². The summed E-state index contributed by atoms with van der Waals surface area (Å²) < 4.78 is 13.6. The minimum absolute atomic E-state index is 0.112. The fourth-order valence-electron chi connectivity index (χ4n) is 1.81. The lowest BCUT2D eigenvalue weighted by Gasteiger charge is -2.19. The summed E-state index contributed by atoms with van der Waals surface area (Å²) in [4.78, 5) is 0. The Kier molecular flexibility index (Phi) is 4.83. The number of aromatic nitrogens is 2. The molecule has 2 aromatic rings. The minimum atomic E-state index is -0.182. The molecule has 0 unspecified atom stereocenters. The third-order valence-corrected chi connectivity index (χ3v) is 3.79. The van der Waals surface area contributed by atoms with Gasteiger partial charge in [0, 0.05) is 24.9 Å². The highest BCUT2D eigenvalue weighted by Gasteiger charge is 2.10. The van der Waals surface area contributed by atoms with Crippen molar-refractivity contribution in [1.82, 2.24) is 15.5 Å². The lowest BCUT2D eigenvalue weighted by molar-refractivity contribution is 0.429. The average molecular weight is 293 g/mol. The van der Waals surface area contributed by atoms with Gasteiger partial charge in [0.2, 0.25) is 0 Å². The molecule has 0 saturated carbocycles. The summed E-state index contributed by atoms with van der Waals surface area (Å²) in [6.07, 6.45) is 1.36.